The van der Waals surface area contributed by atoms with Crippen molar-refractivity contribution in [2.45, 2.75) is 136 Å². The first-order valence-electron chi connectivity index (χ1n) is 27.8. The predicted octanol–water partition coefficient (Wildman–Crippen LogP) is 17.0. The summed E-state index contributed by atoms with van der Waals surface area (Å²) < 4.78 is 15.5. The fraction of sp³-hybridized carbons (Fsp3) is 0.314. The number of halogens is 1. The Hall–Kier alpha value is -6.85. The molecule has 0 N–H and O–H groups in total. The van der Waals surface area contributed by atoms with Crippen LogP contribution in [0.2, 0.25) is 0 Å². The number of aryl methyl sites for hydroxylation is 1. The molecule has 8 aromatic rings. The molecule has 0 radical (unpaired) electrons. The maximum atomic E-state index is 15.5. The normalized spacial score (nSPS) is 20.1. The summed E-state index contributed by atoms with van der Waals surface area (Å²) in [6.07, 6.45) is 6.46. The fourth-order valence-electron chi connectivity index (χ4n) is 14.5. The van der Waals surface area contributed by atoms with Crippen molar-refractivity contribution in [2.75, 3.05) is 14.7 Å². The van der Waals surface area contributed by atoms with Crippen molar-refractivity contribution in [1.82, 2.24) is 0 Å². The van der Waals surface area contributed by atoms with Crippen molar-refractivity contribution in [2.24, 2.45) is 5.41 Å². The van der Waals surface area contributed by atoms with Crippen LogP contribution in [0.25, 0.3) is 22.3 Å². The lowest BCUT2D eigenvalue weighted by Gasteiger charge is -2.50. The van der Waals surface area contributed by atoms with E-state index >= 15 is 4.39 Å². The largest absolute Gasteiger partial charge is 0.334 e. The maximum absolute atomic E-state index is 15.5. The van der Waals surface area contributed by atoms with Crippen LogP contribution in [0.4, 0.5) is 49.9 Å². The summed E-state index contributed by atoms with van der Waals surface area (Å²) in [6, 6.07) is 59.7. The molecule has 8 aromatic carbocycles. The van der Waals surface area contributed by atoms with E-state index < -0.39 is 0 Å². The van der Waals surface area contributed by atoms with Crippen LogP contribution in [0.1, 0.15) is 128 Å². The van der Waals surface area contributed by atoms with Gasteiger partial charge in [-0.05, 0) is 196 Å². The predicted molar refractivity (Wildman–Crippen MR) is 317 cm³/mol. The Kier molecular flexibility index (Phi) is 10.6. The summed E-state index contributed by atoms with van der Waals surface area (Å²) >= 11 is 0. The molecule has 3 nitrogen and oxygen atoms in total. The summed E-state index contributed by atoms with van der Waals surface area (Å²) in [7, 11) is 0. The summed E-state index contributed by atoms with van der Waals surface area (Å²) in [5, 5.41) is 0. The second-order valence-electron chi connectivity index (χ2n) is 26.3. The van der Waals surface area contributed by atoms with Gasteiger partial charge in [-0.15, -0.1) is 0 Å². The Bertz CT molecular complexity index is 3640. The van der Waals surface area contributed by atoms with Crippen LogP contribution in [-0.4, -0.2) is 12.3 Å². The van der Waals surface area contributed by atoms with Gasteiger partial charge in [0.1, 0.15) is 5.82 Å². The Morgan fingerprint density at radius 1 is 0.493 bits per heavy atom. The molecule has 3 aliphatic heterocycles. The van der Waals surface area contributed by atoms with Crippen molar-refractivity contribution in [3.05, 3.63) is 197 Å². The van der Waals surface area contributed by atoms with E-state index in [1.807, 2.05) is 6.07 Å². The Labute approximate surface area is 446 Å². The summed E-state index contributed by atoms with van der Waals surface area (Å²) in [4.78, 5) is 7.91. The SMILES string of the molecule is Cc1cc2c3c(c1)N(c1ccc(C(C)(C)C)cc1-c1ccccc1)c1cc4c(cc1B3c1cc(N3c5ccc(F)cc5C5(C)CCCCC35C)ccc1N2c1ccc(C(C)(C)C)cc1-c1ccccc1)CC(C)(C)C4. The van der Waals surface area contributed by atoms with Gasteiger partial charge in [-0.25, -0.2) is 4.39 Å². The van der Waals surface area contributed by atoms with Gasteiger partial charge < -0.3 is 14.7 Å². The van der Waals surface area contributed by atoms with Gasteiger partial charge in [0.15, 0.2) is 0 Å². The van der Waals surface area contributed by atoms with Crippen LogP contribution in [0.5, 0.6) is 0 Å². The molecule has 2 aliphatic carbocycles. The van der Waals surface area contributed by atoms with E-state index in [-0.39, 0.29) is 39.7 Å². The topological polar surface area (TPSA) is 9.72 Å². The lowest BCUT2D eigenvalue weighted by molar-refractivity contribution is 0.194. The van der Waals surface area contributed by atoms with Crippen LogP contribution >= 0.6 is 0 Å². The minimum Gasteiger partial charge on any atom is -0.334 e. The van der Waals surface area contributed by atoms with Crippen molar-refractivity contribution in [3.8, 4) is 22.3 Å². The molecular weight excluding hydrogens is 913 g/mol. The standard InChI is InChI=1S/C70H71BFN3/c1-44-34-63-65-64(35-44)74(59-29-25-50(67(5,6)7)39-54(59)46-22-16-13-17-23-46)62-37-48-43-68(8,9)42-47(48)36-56(62)71(65)57-41-52(75-60-30-26-51(72)40-55(60)69(10)32-18-19-33-70(69,75)11)27-31-61(57)73(63)58-28-24-49(66(2,3)4)38-53(58)45-20-14-12-15-21-45/h12-17,20-31,34-41H,18-19,32-33,42-43H2,1-11H3. The zero-order valence-electron chi connectivity index (χ0n) is 46.1. The van der Waals surface area contributed by atoms with E-state index in [1.54, 1.807) is 6.07 Å². The van der Waals surface area contributed by atoms with Crippen molar-refractivity contribution in [3.63, 3.8) is 0 Å². The molecule has 13 rings (SSSR count). The Morgan fingerprint density at radius 3 is 1.60 bits per heavy atom. The highest BCUT2D eigenvalue weighted by molar-refractivity contribution is 7.00. The number of benzene rings is 8. The zero-order valence-corrected chi connectivity index (χ0v) is 46.1. The number of hydrogen-bond acceptors (Lipinski definition) is 3. The molecule has 1 fully saturated rings. The smallest absolute Gasteiger partial charge is 0.252 e. The van der Waals surface area contributed by atoms with E-state index in [9.17, 15) is 0 Å². The average Bonchev–Trinajstić information content (AvgIpc) is 3.88. The quantitative estimate of drug-likeness (QED) is 0.159. The van der Waals surface area contributed by atoms with E-state index in [4.69, 9.17) is 0 Å². The number of anilines is 8. The minimum absolute atomic E-state index is 0.0427. The molecule has 5 aliphatic rings. The summed E-state index contributed by atoms with van der Waals surface area (Å²) in [5.41, 5.74) is 25.9. The molecule has 376 valence electrons. The van der Waals surface area contributed by atoms with Gasteiger partial charge in [0.05, 0.1) is 16.9 Å². The molecule has 0 bridgehead atoms. The van der Waals surface area contributed by atoms with Gasteiger partial charge in [0.2, 0.25) is 0 Å². The van der Waals surface area contributed by atoms with Gasteiger partial charge in [-0.1, -0.05) is 154 Å². The van der Waals surface area contributed by atoms with Gasteiger partial charge >= 0.3 is 0 Å². The third kappa shape index (κ3) is 7.33. The highest BCUT2D eigenvalue weighted by Gasteiger charge is 2.58. The number of nitrogens with zero attached hydrogens (tertiary/aromatic N) is 3. The molecule has 75 heavy (non-hydrogen) atoms. The summed E-state index contributed by atoms with van der Waals surface area (Å²) in [5.74, 6) is -0.153. The van der Waals surface area contributed by atoms with E-state index in [0.717, 1.165) is 55.5 Å². The molecule has 2 unspecified atom stereocenters. The molecule has 1 saturated carbocycles. The first-order valence-corrected chi connectivity index (χ1v) is 27.8. The van der Waals surface area contributed by atoms with Crippen LogP contribution < -0.4 is 31.1 Å². The number of fused-ring (bicyclic) bond motifs is 8. The number of rotatable bonds is 5. The average molecular weight is 984 g/mol. The third-order valence-corrected chi connectivity index (χ3v) is 18.6. The van der Waals surface area contributed by atoms with Gasteiger partial charge in [0, 0.05) is 50.7 Å². The van der Waals surface area contributed by atoms with Crippen molar-refractivity contribution in [1.29, 1.82) is 0 Å². The fourth-order valence-corrected chi connectivity index (χ4v) is 14.5. The van der Waals surface area contributed by atoms with Crippen LogP contribution in [0.15, 0.2) is 158 Å². The molecule has 5 heteroatoms. The molecule has 0 amide bonds. The maximum Gasteiger partial charge on any atom is 0.252 e. The molecule has 2 atom stereocenters. The van der Waals surface area contributed by atoms with Gasteiger partial charge in [0.25, 0.3) is 6.71 Å². The van der Waals surface area contributed by atoms with E-state index in [2.05, 4.69) is 236 Å². The van der Waals surface area contributed by atoms with Crippen LogP contribution in [-0.2, 0) is 29.1 Å². The van der Waals surface area contributed by atoms with E-state index in [1.165, 1.54) is 101 Å². The monoisotopic (exact) mass is 984 g/mol. The van der Waals surface area contributed by atoms with Crippen LogP contribution in [0.3, 0.4) is 0 Å². The first-order chi connectivity index (χ1) is 35.7. The molecular formula is C70H71BFN3. The molecule has 0 spiro atoms. The number of hydrogen-bond donors (Lipinski definition) is 0. The Balaban J connectivity index is 1.14. The van der Waals surface area contributed by atoms with Crippen molar-refractivity contribution >= 4 is 68.6 Å². The lowest BCUT2D eigenvalue weighted by Crippen LogP contribution is -2.62. The molecule has 0 saturated heterocycles. The molecule has 0 aromatic heterocycles. The van der Waals surface area contributed by atoms with E-state index in [0.29, 0.717) is 0 Å². The van der Waals surface area contributed by atoms with Gasteiger partial charge in [-0.3, -0.25) is 0 Å². The van der Waals surface area contributed by atoms with Crippen LogP contribution in [0, 0.1) is 18.2 Å². The highest BCUT2D eigenvalue weighted by atomic mass is 19.1. The third-order valence-electron chi connectivity index (χ3n) is 18.6. The molecule has 3 heterocycles. The van der Waals surface area contributed by atoms with Gasteiger partial charge in [-0.2, -0.15) is 0 Å². The zero-order chi connectivity index (χ0) is 52.1. The second-order valence-corrected chi connectivity index (χ2v) is 26.3. The highest BCUT2D eigenvalue weighted by Crippen LogP contribution is 2.61. The Morgan fingerprint density at radius 2 is 1.01 bits per heavy atom. The lowest BCUT2D eigenvalue weighted by atomic mass is 9.33. The minimum atomic E-state index is -0.242. The summed E-state index contributed by atoms with van der Waals surface area (Å²) in [6.45, 7) is 25.9. The van der Waals surface area contributed by atoms with Crippen molar-refractivity contribution < 1.29 is 4.39 Å². The second kappa shape index (κ2) is 16.6. The first kappa shape index (κ1) is 47.8.